The molecule has 0 unspecified atom stereocenters. The molecule has 1 aromatic carbocycles. The van der Waals surface area contributed by atoms with Crippen LogP contribution in [0.4, 0.5) is 5.82 Å². The van der Waals surface area contributed by atoms with Crippen LogP contribution in [0.2, 0.25) is 5.02 Å². The highest BCUT2D eigenvalue weighted by Gasteiger charge is 2.15. The molecule has 92 valence electrons. The van der Waals surface area contributed by atoms with Gasteiger partial charge in [-0.15, -0.1) is 0 Å². The van der Waals surface area contributed by atoms with E-state index in [1.54, 1.807) is 4.68 Å². The first-order valence-electron chi connectivity index (χ1n) is 5.53. The van der Waals surface area contributed by atoms with Crippen LogP contribution in [0, 0.1) is 13.8 Å². The van der Waals surface area contributed by atoms with Crippen molar-refractivity contribution in [3.05, 3.63) is 34.5 Å². The van der Waals surface area contributed by atoms with E-state index in [0.29, 0.717) is 16.5 Å². The van der Waals surface area contributed by atoms with Crippen LogP contribution in [0.25, 0.3) is 16.7 Å². The number of rotatable bonds is 1. The fourth-order valence-electron chi connectivity index (χ4n) is 2.00. The third kappa shape index (κ3) is 1.48. The monoisotopic (exact) mass is 261 g/mol. The van der Waals surface area contributed by atoms with Crippen LogP contribution in [0.1, 0.15) is 11.3 Å². The Hall–Kier alpha value is -2.01. The van der Waals surface area contributed by atoms with Crippen molar-refractivity contribution in [1.82, 2.24) is 20.0 Å². The number of halogens is 1. The molecule has 0 saturated heterocycles. The molecule has 0 bridgehead atoms. The first-order valence-corrected chi connectivity index (χ1v) is 5.91. The molecule has 0 saturated carbocycles. The van der Waals surface area contributed by atoms with E-state index < -0.39 is 0 Å². The molecule has 18 heavy (non-hydrogen) atoms. The Morgan fingerprint density at radius 2 is 2.11 bits per heavy atom. The largest absolute Gasteiger partial charge is 0.383 e. The quantitative estimate of drug-likeness (QED) is 0.707. The van der Waals surface area contributed by atoms with Crippen LogP contribution in [0.15, 0.2) is 18.2 Å². The molecule has 0 amide bonds. The normalized spacial score (nSPS) is 11.3. The van der Waals surface area contributed by atoms with E-state index in [4.69, 9.17) is 17.3 Å². The van der Waals surface area contributed by atoms with E-state index in [9.17, 15) is 0 Å². The lowest BCUT2D eigenvalue weighted by Crippen LogP contribution is -1.98. The summed E-state index contributed by atoms with van der Waals surface area (Å²) in [6, 6.07) is 5.78. The molecule has 5 nitrogen and oxygen atoms in total. The van der Waals surface area contributed by atoms with Gasteiger partial charge in [0.15, 0.2) is 5.65 Å². The Labute approximate surface area is 109 Å². The minimum Gasteiger partial charge on any atom is -0.383 e. The molecule has 6 heteroatoms. The van der Waals surface area contributed by atoms with E-state index in [1.807, 2.05) is 32.0 Å². The highest BCUT2D eigenvalue weighted by atomic mass is 35.5. The highest BCUT2D eigenvalue weighted by Crippen LogP contribution is 2.26. The lowest BCUT2D eigenvalue weighted by molar-refractivity contribution is 0.865. The number of nitrogen functional groups attached to an aromatic ring is 1. The zero-order chi connectivity index (χ0) is 12.9. The molecule has 0 fully saturated rings. The Morgan fingerprint density at radius 1 is 1.33 bits per heavy atom. The van der Waals surface area contributed by atoms with Crippen LogP contribution in [0.5, 0.6) is 0 Å². The van der Waals surface area contributed by atoms with Crippen molar-refractivity contribution in [1.29, 1.82) is 0 Å². The second kappa shape index (κ2) is 3.74. The number of benzene rings is 1. The van der Waals surface area contributed by atoms with Gasteiger partial charge >= 0.3 is 0 Å². The molecule has 0 radical (unpaired) electrons. The average molecular weight is 262 g/mol. The van der Waals surface area contributed by atoms with Crippen molar-refractivity contribution < 1.29 is 0 Å². The predicted molar refractivity (Wildman–Crippen MR) is 72.1 cm³/mol. The van der Waals surface area contributed by atoms with Gasteiger partial charge in [-0.1, -0.05) is 17.7 Å². The van der Waals surface area contributed by atoms with Gasteiger partial charge in [0.05, 0.1) is 16.8 Å². The fraction of sp³-hybridized carbons (Fsp3) is 0.167. The van der Waals surface area contributed by atoms with Crippen molar-refractivity contribution in [3.8, 4) is 5.69 Å². The van der Waals surface area contributed by atoms with Gasteiger partial charge in [-0.25, -0.2) is 4.68 Å². The van der Waals surface area contributed by atoms with E-state index in [-0.39, 0.29) is 0 Å². The van der Waals surface area contributed by atoms with Crippen LogP contribution in [-0.2, 0) is 0 Å². The molecule has 0 aliphatic heterocycles. The number of anilines is 1. The van der Waals surface area contributed by atoms with Crippen molar-refractivity contribution in [2.45, 2.75) is 13.8 Å². The first kappa shape index (κ1) is 11.1. The van der Waals surface area contributed by atoms with Crippen LogP contribution in [0.3, 0.4) is 0 Å². The Bertz CT molecular complexity index is 740. The summed E-state index contributed by atoms with van der Waals surface area (Å²) in [5.41, 5.74) is 9.28. The van der Waals surface area contributed by atoms with E-state index >= 15 is 0 Å². The van der Waals surface area contributed by atoms with Gasteiger partial charge in [0.25, 0.3) is 0 Å². The minimum atomic E-state index is 0.534. The zero-order valence-electron chi connectivity index (χ0n) is 10.0. The van der Waals surface area contributed by atoms with Crippen LogP contribution in [-0.4, -0.2) is 20.0 Å². The van der Waals surface area contributed by atoms with Crippen molar-refractivity contribution in [2.75, 3.05) is 5.73 Å². The lowest BCUT2D eigenvalue weighted by Gasteiger charge is -2.04. The summed E-state index contributed by atoms with van der Waals surface area (Å²) < 4.78 is 1.74. The van der Waals surface area contributed by atoms with Crippen molar-refractivity contribution in [2.24, 2.45) is 0 Å². The fourth-order valence-corrected chi connectivity index (χ4v) is 2.17. The maximum atomic E-state index is 6.13. The summed E-state index contributed by atoms with van der Waals surface area (Å²) in [7, 11) is 0. The van der Waals surface area contributed by atoms with Gasteiger partial charge in [-0.3, -0.25) is 5.10 Å². The van der Waals surface area contributed by atoms with Crippen LogP contribution >= 0.6 is 11.6 Å². The van der Waals surface area contributed by atoms with Crippen molar-refractivity contribution in [3.63, 3.8) is 0 Å². The Balaban J connectivity index is 2.28. The van der Waals surface area contributed by atoms with Gasteiger partial charge in [-0.05, 0) is 31.5 Å². The molecule has 2 heterocycles. The number of hydrogen-bond donors (Lipinski definition) is 2. The highest BCUT2D eigenvalue weighted by molar-refractivity contribution is 6.31. The summed E-state index contributed by atoms with van der Waals surface area (Å²) in [4.78, 5) is 0. The number of aromatic nitrogens is 4. The second-order valence-corrected chi connectivity index (χ2v) is 4.67. The molecule has 0 aliphatic rings. The average Bonchev–Trinajstić information content (AvgIpc) is 2.86. The second-order valence-electron chi connectivity index (χ2n) is 4.27. The van der Waals surface area contributed by atoms with E-state index in [1.165, 1.54) is 0 Å². The topological polar surface area (TPSA) is 72.5 Å². The maximum Gasteiger partial charge on any atom is 0.186 e. The number of hydrogen-bond acceptors (Lipinski definition) is 3. The Kier molecular flexibility index (Phi) is 2.31. The number of H-pyrrole nitrogens is 1. The first-order chi connectivity index (χ1) is 8.58. The van der Waals surface area contributed by atoms with Gasteiger partial charge in [-0.2, -0.15) is 10.2 Å². The summed E-state index contributed by atoms with van der Waals surface area (Å²) in [5, 5.41) is 12.9. The maximum absolute atomic E-state index is 6.13. The number of nitrogens with two attached hydrogens (primary N) is 1. The molecule has 3 aromatic rings. The van der Waals surface area contributed by atoms with Crippen LogP contribution < -0.4 is 5.73 Å². The van der Waals surface area contributed by atoms with Gasteiger partial charge in [0.2, 0.25) is 0 Å². The summed E-state index contributed by atoms with van der Waals surface area (Å²) >= 11 is 6.13. The minimum absolute atomic E-state index is 0.534. The molecule has 0 atom stereocenters. The molecule has 2 aromatic heterocycles. The number of nitrogens with zero attached hydrogens (tertiary/aromatic N) is 3. The summed E-state index contributed by atoms with van der Waals surface area (Å²) in [6.07, 6.45) is 0. The van der Waals surface area contributed by atoms with E-state index in [0.717, 1.165) is 22.3 Å². The number of nitrogens with one attached hydrogen (secondary N) is 1. The Morgan fingerprint density at radius 3 is 2.83 bits per heavy atom. The third-order valence-electron chi connectivity index (χ3n) is 2.99. The number of aromatic amines is 1. The molecule has 3 rings (SSSR count). The lowest BCUT2D eigenvalue weighted by atomic mass is 10.2. The third-order valence-corrected chi connectivity index (χ3v) is 3.39. The summed E-state index contributed by atoms with van der Waals surface area (Å²) in [6.45, 7) is 3.86. The van der Waals surface area contributed by atoms with Gasteiger partial charge in [0, 0.05) is 5.02 Å². The molecular weight excluding hydrogens is 250 g/mol. The van der Waals surface area contributed by atoms with Gasteiger partial charge < -0.3 is 5.73 Å². The SMILES string of the molecule is Cc1ccc(-n2nc(C)c3c(N)[nH]nc32)cc1Cl. The molecule has 0 spiro atoms. The van der Waals surface area contributed by atoms with Crippen molar-refractivity contribution >= 4 is 28.5 Å². The smallest absolute Gasteiger partial charge is 0.186 e. The zero-order valence-corrected chi connectivity index (χ0v) is 10.8. The molecule has 3 N–H and O–H groups in total. The number of aryl methyl sites for hydroxylation is 2. The summed E-state index contributed by atoms with van der Waals surface area (Å²) in [5.74, 6) is 0.534. The molecule has 0 aliphatic carbocycles. The standard InChI is InChI=1S/C12H12ClN5/c1-6-3-4-8(5-9(6)13)18-12-10(7(2)17-18)11(14)15-16-12/h3-5H,1-2H3,(H3,14,15,16). The predicted octanol–water partition coefficient (Wildman–Crippen LogP) is 2.60. The number of fused-ring (bicyclic) bond motifs is 1. The van der Waals surface area contributed by atoms with Gasteiger partial charge in [0.1, 0.15) is 5.82 Å². The van der Waals surface area contributed by atoms with E-state index in [2.05, 4.69) is 15.3 Å². The molecular formula is C12H12ClN5.